The molecule has 0 aromatic carbocycles. The molecule has 0 bridgehead atoms. The molecule has 114 valence electrons. The Labute approximate surface area is 115 Å². The number of nitrogens with one attached hydrogen (secondary N) is 1. The van der Waals surface area contributed by atoms with Gasteiger partial charge < -0.3 is 25.2 Å². The molecule has 1 atom stereocenters. The highest BCUT2D eigenvalue weighted by Gasteiger charge is 2.27. The number of carboxylic acids is 2. The molecular formula is C11H18N2O7. The SMILES string of the molecule is COC(=O)CN(C(=O)NC(CC(=O)O)C(=O)O)C(C)C. The molecule has 1 unspecified atom stereocenters. The van der Waals surface area contributed by atoms with Crippen molar-refractivity contribution in [2.45, 2.75) is 32.4 Å². The molecule has 0 spiro atoms. The van der Waals surface area contributed by atoms with Gasteiger partial charge in [0.25, 0.3) is 0 Å². The third-order valence-corrected chi connectivity index (χ3v) is 2.39. The van der Waals surface area contributed by atoms with Crippen molar-refractivity contribution in [1.82, 2.24) is 10.2 Å². The van der Waals surface area contributed by atoms with E-state index >= 15 is 0 Å². The zero-order valence-corrected chi connectivity index (χ0v) is 11.5. The Balaban J connectivity index is 4.84. The van der Waals surface area contributed by atoms with E-state index in [1.54, 1.807) is 13.8 Å². The van der Waals surface area contributed by atoms with Crippen molar-refractivity contribution in [3.8, 4) is 0 Å². The van der Waals surface area contributed by atoms with Crippen LogP contribution in [0.2, 0.25) is 0 Å². The first-order valence-electron chi connectivity index (χ1n) is 5.77. The number of carbonyl (C=O) groups is 4. The molecule has 0 saturated heterocycles. The van der Waals surface area contributed by atoms with Gasteiger partial charge in [-0.3, -0.25) is 9.59 Å². The summed E-state index contributed by atoms with van der Waals surface area (Å²) in [6, 6.07) is -2.81. The highest BCUT2D eigenvalue weighted by atomic mass is 16.5. The van der Waals surface area contributed by atoms with Crippen LogP contribution < -0.4 is 5.32 Å². The van der Waals surface area contributed by atoms with Gasteiger partial charge in [-0.15, -0.1) is 0 Å². The van der Waals surface area contributed by atoms with Gasteiger partial charge in [-0.1, -0.05) is 0 Å². The van der Waals surface area contributed by atoms with E-state index in [0.29, 0.717) is 0 Å². The maximum absolute atomic E-state index is 11.9. The van der Waals surface area contributed by atoms with Crippen LogP contribution in [0.5, 0.6) is 0 Å². The number of carbonyl (C=O) groups excluding carboxylic acids is 2. The minimum absolute atomic E-state index is 0.362. The van der Waals surface area contributed by atoms with Crippen LogP contribution in [0.15, 0.2) is 0 Å². The molecule has 0 aliphatic carbocycles. The zero-order valence-electron chi connectivity index (χ0n) is 11.5. The molecule has 0 aromatic rings. The quantitative estimate of drug-likeness (QED) is 0.538. The highest BCUT2D eigenvalue weighted by molar-refractivity contribution is 5.87. The first-order valence-corrected chi connectivity index (χ1v) is 5.77. The summed E-state index contributed by atoms with van der Waals surface area (Å²) in [6.45, 7) is 2.88. The lowest BCUT2D eigenvalue weighted by Crippen LogP contribution is -2.52. The molecule has 0 aliphatic heterocycles. The minimum atomic E-state index is -1.57. The van der Waals surface area contributed by atoms with Crippen molar-refractivity contribution in [2.75, 3.05) is 13.7 Å². The lowest BCUT2D eigenvalue weighted by molar-refractivity contribution is -0.145. The average molecular weight is 290 g/mol. The number of methoxy groups -OCH3 is 1. The van der Waals surface area contributed by atoms with Gasteiger partial charge in [0.15, 0.2) is 0 Å². The van der Waals surface area contributed by atoms with Gasteiger partial charge in [0.05, 0.1) is 13.5 Å². The highest BCUT2D eigenvalue weighted by Crippen LogP contribution is 2.02. The number of hydrogen-bond acceptors (Lipinski definition) is 5. The van der Waals surface area contributed by atoms with Crippen LogP contribution >= 0.6 is 0 Å². The van der Waals surface area contributed by atoms with Crippen LogP contribution in [0, 0.1) is 0 Å². The van der Waals surface area contributed by atoms with Crippen LogP contribution in [0.3, 0.4) is 0 Å². The molecule has 0 rings (SSSR count). The van der Waals surface area contributed by atoms with Gasteiger partial charge in [-0.25, -0.2) is 9.59 Å². The fourth-order valence-corrected chi connectivity index (χ4v) is 1.30. The fraction of sp³-hybridized carbons (Fsp3) is 0.636. The summed E-state index contributed by atoms with van der Waals surface area (Å²) < 4.78 is 4.43. The Morgan fingerprint density at radius 2 is 1.75 bits per heavy atom. The van der Waals surface area contributed by atoms with Crippen LogP contribution in [0.25, 0.3) is 0 Å². The molecule has 20 heavy (non-hydrogen) atoms. The number of hydrogen-bond donors (Lipinski definition) is 3. The van der Waals surface area contributed by atoms with E-state index in [2.05, 4.69) is 10.1 Å². The molecule has 3 N–H and O–H groups in total. The number of urea groups is 1. The number of esters is 1. The second kappa shape index (κ2) is 7.97. The number of amides is 2. The number of rotatable bonds is 7. The van der Waals surface area contributed by atoms with Gasteiger partial charge in [-0.05, 0) is 13.8 Å². The summed E-state index contributed by atoms with van der Waals surface area (Å²) in [5.41, 5.74) is 0. The molecule has 0 radical (unpaired) electrons. The van der Waals surface area contributed by atoms with E-state index in [9.17, 15) is 19.2 Å². The van der Waals surface area contributed by atoms with E-state index in [1.165, 1.54) is 0 Å². The third kappa shape index (κ3) is 6.03. The first-order chi connectivity index (χ1) is 9.18. The van der Waals surface area contributed by atoms with E-state index in [1.807, 2.05) is 0 Å². The van der Waals surface area contributed by atoms with Gasteiger partial charge in [-0.2, -0.15) is 0 Å². The molecule has 0 saturated carbocycles. The maximum atomic E-state index is 11.9. The van der Waals surface area contributed by atoms with Crippen molar-refractivity contribution in [2.24, 2.45) is 0 Å². The Kier molecular flexibility index (Phi) is 7.05. The van der Waals surface area contributed by atoms with E-state index in [-0.39, 0.29) is 6.54 Å². The third-order valence-electron chi connectivity index (χ3n) is 2.39. The Bertz CT molecular complexity index is 394. The monoisotopic (exact) mass is 290 g/mol. The molecular weight excluding hydrogens is 272 g/mol. The zero-order chi connectivity index (χ0) is 15.9. The van der Waals surface area contributed by atoms with E-state index in [0.717, 1.165) is 12.0 Å². The summed E-state index contributed by atoms with van der Waals surface area (Å²) in [7, 11) is 1.16. The van der Waals surface area contributed by atoms with Gasteiger partial charge in [0, 0.05) is 6.04 Å². The predicted molar refractivity (Wildman–Crippen MR) is 66.1 cm³/mol. The van der Waals surface area contributed by atoms with Crippen molar-refractivity contribution in [3.05, 3.63) is 0 Å². The van der Waals surface area contributed by atoms with Gasteiger partial charge in [0.2, 0.25) is 0 Å². The smallest absolute Gasteiger partial charge is 0.326 e. The van der Waals surface area contributed by atoms with Gasteiger partial charge >= 0.3 is 23.9 Å². The summed E-state index contributed by atoms with van der Waals surface area (Å²) >= 11 is 0. The minimum Gasteiger partial charge on any atom is -0.481 e. The van der Waals surface area contributed by atoms with E-state index in [4.69, 9.17) is 10.2 Å². The predicted octanol–water partition coefficient (Wildman–Crippen LogP) is -0.493. The normalized spacial score (nSPS) is 11.6. The lowest BCUT2D eigenvalue weighted by atomic mass is 10.2. The number of nitrogens with zero attached hydrogens (tertiary/aromatic N) is 1. The summed E-state index contributed by atoms with van der Waals surface area (Å²) in [6.07, 6.45) is -0.759. The Morgan fingerprint density at radius 1 is 1.20 bits per heavy atom. The van der Waals surface area contributed by atoms with Gasteiger partial charge in [0.1, 0.15) is 12.6 Å². The summed E-state index contributed by atoms with van der Waals surface area (Å²) in [4.78, 5) is 45.5. The molecule has 0 fully saturated rings. The second-order valence-corrected chi connectivity index (χ2v) is 4.24. The van der Waals surface area contributed by atoms with Crippen molar-refractivity contribution < 1.29 is 34.1 Å². The molecule has 0 aliphatic rings. The topological polar surface area (TPSA) is 133 Å². The lowest BCUT2D eigenvalue weighted by Gasteiger charge is -2.27. The molecule has 2 amide bonds. The summed E-state index contributed by atoms with van der Waals surface area (Å²) in [5.74, 6) is -3.50. The molecule has 9 nitrogen and oxygen atoms in total. The maximum Gasteiger partial charge on any atom is 0.326 e. The largest absolute Gasteiger partial charge is 0.481 e. The second-order valence-electron chi connectivity index (χ2n) is 4.24. The Hall–Kier alpha value is -2.32. The van der Waals surface area contributed by atoms with Crippen LogP contribution in [-0.2, 0) is 19.1 Å². The molecule has 9 heteroatoms. The number of ether oxygens (including phenoxy) is 1. The molecule has 0 aromatic heterocycles. The summed E-state index contributed by atoms with van der Waals surface area (Å²) in [5, 5.41) is 19.5. The van der Waals surface area contributed by atoms with Crippen molar-refractivity contribution in [3.63, 3.8) is 0 Å². The number of aliphatic carboxylic acids is 2. The standard InChI is InChI=1S/C11H18N2O7/c1-6(2)13(5-9(16)20-3)11(19)12-7(10(17)18)4-8(14)15/h6-7H,4-5H2,1-3H3,(H,12,19)(H,14,15)(H,17,18). The van der Waals surface area contributed by atoms with Crippen molar-refractivity contribution in [1.29, 1.82) is 0 Å². The van der Waals surface area contributed by atoms with Crippen LogP contribution in [0.1, 0.15) is 20.3 Å². The molecule has 0 heterocycles. The first kappa shape index (κ1) is 17.7. The average Bonchev–Trinajstić information content (AvgIpc) is 2.33. The fourth-order valence-electron chi connectivity index (χ4n) is 1.30. The van der Waals surface area contributed by atoms with E-state index < -0.39 is 42.4 Å². The van der Waals surface area contributed by atoms with Crippen molar-refractivity contribution >= 4 is 23.9 Å². The van der Waals surface area contributed by atoms with Crippen LogP contribution in [-0.4, -0.2) is 64.8 Å². The Morgan fingerprint density at radius 3 is 2.10 bits per heavy atom. The number of carboxylic acid groups (broad SMARTS) is 2. The van der Waals surface area contributed by atoms with Crippen LogP contribution in [0.4, 0.5) is 4.79 Å².